The number of aromatic hydroxyl groups is 1. The van der Waals surface area contributed by atoms with Gasteiger partial charge in [0.15, 0.2) is 0 Å². The van der Waals surface area contributed by atoms with Gasteiger partial charge in [-0.3, -0.25) is 4.79 Å². The summed E-state index contributed by atoms with van der Waals surface area (Å²) in [5, 5.41) is 20.4. The molecule has 1 fully saturated rings. The topological polar surface area (TPSA) is 60.8 Å². The van der Waals surface area contributed by atoms with E-state index in [0.717, 1.165) is 5.56 Å². The van der Waals surface area contributed by atoms with Crippen LogP contribution in [0.15, 0.2) is 78.9 Å². The minimum absolute atomic E-state index is 0.120. The van der Waals surface area contributed by atoms with E-state index in [9.17, 15) is 23.8 Å². The first kappa shape index (κ1) is 22.7. The Morgan fingerprint density at radius 2 is 1.48 bits per heavy atom. The van der Waals surface area contributed by atoms with Crippen LogP contribution in [0.2, 0.25) is 0 Å². The highest BCUT2D eigenvalue weighted by Crippen LogP contribution is 2.46. The Morgan fingerprint density at radius 1 is 0.939 bits per heavy atom. The van der Waals surface area contributed by atoms with E-state index in [2.05, 4.69) is 0 Å². The molecule has 0 bridgehead atoms. The molecule has 0 spiro atoms. The number of benzene rings is 3. The van der Waals surface area contributed by atoms with Gasteiger partial charge in [-0.15, -0.1) is 0 Å². The third-order valence-corrected chi connectivity index (χ3v) is 5.94. The first-order valence-corrected chi connectivity index (χ1v) is 10.7. The number of anilines is 1. The molecule has 0 aliphatic carbocycles. The summed E-state index contributed by atoms with van der Waals surface area (Å²) in [6.07, 6.45) is 2.17. The molecule has 2 N–H and O–H groups in total. The molecule has 6 heteroatoms. The molecule has 1 amide bonds. The fourth-order valence-electron chi connectivity index (χ4n) is 4.32. The maximum atomic E-state index is 13.4. The molecular weight excluding hydrogens is 424 g/mol. The Balaban J connectivity index is 1.68. The van der Waals surface area contributed by atoms with Crippen molar-refractivity contribution in [2.24, 2.45) is 5.92 Å². The zero-order valence-electron chi connectivity index (χ0n) is 18.4. The van der Waals surface area contributed by atoms with E-state index < -0.39 is 11.5 Å². The summed E-state index contributed by atoms with van der Waals surface area (Å²) in [6, 6.07) is 17.9. The van der Waals surface area contributed by atoms with Crippen LogP contribution in [-0.2, 0) is 4.79 Å². The number of phenols is 1. The molecule has 1 aliphatic rings. The summed E-state index contributed by atoms with van der Waals surface area (Å²) < 4.78 is 26.8. The number of hydrogen-bond donors (Lipinski definition) is 2. The van der Waals surface area contributed by atoms with Gasteiger partial charge in [0, 0.05) is 5.69 Å². The smallest absolute Gasteiger partial charge is 0.233 e. The predicted molar refractivity (Wildman–Crippen MR) is 124 cm³/mol. The normalized spacial score (nSPS) is 18.9. The van der Waals surface area contributed by atoms with Crippen molar-refractivity contribution in [3.63, 3.8) is 0 Å². The maximum Gasteiger partial charge on any atom is 0.233 e. The minimum atomic E-state index is -1.20. The lowest BCUT2D eigenvalue weighted by atomic mass is 9.78. The molecule has 1 saturated heterocycles. The van der Waals surface area contributed by atoms with Crippen LogP contribution in [0.4, 0.5) is 14.5 Å². The Labute approximate surface area is 191 Å². The number of phenolic OH excluding ortho intramolecular Hbond substituents is 1. The van der Waals surface area contributed by atoms with E-state index in [0.29, 0.717) is 23.2 Å². The van der Waals surface area contributed by atoms with Crippen LogP contribution < -0.4 is 4.90 Å². The second kappa shape index (κ2) is 8.79. The number of hydrogen-bond acceptors (Lipinski definition) is 3. The Hall–Kier alpha value is -3.51. The fraction of sp³-hybridized carbons (Fsp3) is 0.222. The van der Waals surface area contributed by atoms with Gasteiger partial charge in [0.05, 0.1) is 17.6 Å². The summed E-state index contributed by atoms with van der Waals surface area (Å²) in [5.74, 6) is -1.18. The number of carbonyl (C=O) groups is 1. The van der Waals surface area contributed by atoms with Crippen LogP contribution in [0.1, 0.15) is 37.4 Å². The second-order valence-corrected chi connectivity index (χ2v) is 8.75. The minimum Gasteiger partial charge on any atom is -0.508 e. The van der Waals surface area contributed by atoms with Gasteiger partial charge in [-0.1, -0.05) is 30.3 Å². The number of amides is 1. The molecule has 4 nitrogen and oxygen atoms in total. The zero-order valence-corrected chi connectivity index (χ0v) is 18.4. The summed E-state index contributed by atoms with van der Waals surface area (Å²) in [7, 11) is 0. The summed E-state index contributed by atoms with van der Waals surface area (Å²) in [6.45, 7) is 3.29. The molecule has 2 atom stereocenters. The number of allylic oxidation sites excluding steroid dienone is 1. The summed E-state index contributed by atoms with van der Waals surface area (Å²) in [5.41, 5.74) is 1.49. The van der Waals surface area contributed by atoms with E-state index in [4.69, 9.17) is 0 Å². The van der Waals surface area contributed by atoms with Crippen LogP contribution in [0.3, 0.4) is 0 Å². The van der Waals surface area contributed by atoms with Gasteiger partial charge in [-0.25, -0.2) is 8.78 Å². The fourth-order valence-corrected chi connectivity index (χ4v) is 4.32. The van der Waals surface area contributed by atoms with Crippen molar-refractivity contribution in [2.45, 2.75) is 31.9 Å². The maximum absolute atomic E-state index is 13.4. The molecule has 0 unspecified atom stereocenters. The van der Waals surface area contributed by atoms with E-state index in [-0.39, 0.29) is 29.3 Å². The molecule has 4 rings (SSSR count). The van der Waals surface area contributed by atoms with Gasteiger partial charge >= 0.3 is 0 Å². The molecule has 170 valence electrons. The SMILES string of the molecule is CC(C)(O)/C(=C\C[C@H]1C(=O)N(c2ccc(F)cc2)[C@@H]1c1ccc(O)cc1)c1ccc(F)cc1. The molecule has 33 heavy (non-hydrogen) atoms. The molecule has 0 saturated carbocycles. The van der Waals surface area contributed by atoms with Crippen molar-refractivity contribution in [3.8, 4) is 5.75 Å². The highest BCUT2D eigenvalue weighted by Gasteiger charge is 2.48. The van der Waals surface area contributed by atoms with Crippen molar-refractivity contribution < 1.29 is 23.8 Å². The average Bonchev–Trinajstić information content (AvgIpc) is 2.77. The number of β-lactam (4-membered cyclic amide) rings is 1. The number of rotatable bonds is 6. The standard InChI is InChI=1S/C27H25F2NO3/c1-27(2,33)24(17-3-7-19(28)8-4-17)16-15-23-25(18-5-13-22(31)14-6-18)30(26(23)32)21-11-9-20(29)10-12-21/h3-14,16,23,25,31,33H,15H2,1-2H3/b24-16-/t23-,25-/m1/s1. The Kier molecular flexibility index (Phi) is 6.04. The van der Waals surface area contributed by atoms with Gasteiger partial charge in [0.1, 0.15) is 17.4 Å². The zero-order chi connectivity index (χ0) is 23.8. The Morgan fingerprint density at radius 3 is 2.03 bits per heavy atom. The highest BCUT2D eigenvalue weighted by atomic mass is 19.1. The lowest BCUT2D eigenvalue weighted by Gasteiger charge is -2.47. The van der Waals surface area contributed by atoms with Crippen molar-refractivity contribution in [1.29, 1.82) is 0 Å². The van der Waals surface area contributed by atoms with Crippen LogP contribution >= 0.6 is 0 Å². The van der Waals surface area contributed by atoms with E-state index in [1.165, 1.54) is 24.3 Å². The number of nitrogens with zero attached hydrogens (tertiary/aromatic N) is 1. The number of halogens is 2. The summed E-state index contributed by atoms with van der Waals surface area (Å²) >= 11 is 0. The van der Waals surface area contributed by atoms with Crippen molar-refractivity contribution in [3.05, 3.63) is 102 Å². The van der Waals surface area contributed by atoms with Gasteiger partial charge < -0.3 is 15.1 Å². The first-order valence-electron chi connectivity index (χ1n) is 10.7. The number of aliphatic hydroxyl groups is 1. The van der Waals surface area contributed by atoms with E-state index >= 15 is 0 Å². The van der Waals surface area contributed by atoms with Crippen LogP contribution in [-0.4, -0.2) is 21.7 Å². The molecule has 3 aromatic carbocycles. The molecule has 1 heterocycles. The van der Waals surface area contributed by atoms with Gasteiger partial charge in [0.2, 0.25) is 5.91 Å². The molecule has 3 aromatic rings. The van der Waals surface area contributed by atoms with Crippen LogP contribution in [0.5, 0.6) is 5.75 Å². The van der Waals surface area contributed by atoms with Crippen molar-refractivity contribution >= 4 is 17.2 Å². The van der Waals surface area contributed by atoms with Crippen LogP contribution in [0, 0.1) is 17.6 Å². The molecule has 1 aliphatic heterocycles. The molecule has 0 aromatic heterocycles. The van der Waals surface area contributed by atoms with Crippen LogP contribution in [0.25, 0.3) is 5.57 Å². The van der Waals surface area contributed by atoms with Crippen molar-refractivity contribution in [1.82, 2.24) is 0 Å². The highest BCUT2D eigenvalue weighted by molar-refractivity contribution is 6.03. The Bertz CT molecular complexity index is 1160. The second-order valence-electron chi connectivity index (χ2n) is 8.75. The van der Waals surface area contributed by atoms with E-state index in [1.54, 1.807) is 67.3 Å². The molecular formula is C27H25F2NO3. The van der Waals surface area contributed by atoms with E-state index in [1.807, 2.05) is 6.08 Å². The lowest BCUT2D eigenvalue weighted by Crippen LogP contribution is -2.55. The van der Waals surface area contributed by atoms with Gasteiger partial charge in [-0.05, 0) is 85.5 Å². The third kappa shape index (κ3) is 4.66. The van der Waals surface area contributed by atoms with Gasteiger partial charge in [-0.2, -0.15) is 0 Å². The molecule has 0 radical (unpaired) electrons. The lowest BCUT2D eigenvalue weighted by molar-refractivity contribution is -0.130. The average molecular weight is 449 g/mol. The first-order chi connectivity index (χ1) is 15.6. The van der Waals surface area contributed by atoms with Gasteiger partial charge in [0.25, 0.3) is 0 Å². The predicted octanol–water partition coefficient (Wildman–Crippen LogP) is 5.62. The van der Waals surface area contributed by atoms with Crippen molar-refractivity contribution in [2.75, 3.05) is 4.90 Å². The largest absolute Gasteiger partial charge is 0.508 e. The monoisotopic (exact) mass is 449 g/mol. The summed E-state index contributed by atoms with van der Waals surface area (Å²) in [4.78, 5) is 14.8. The third-order valence-electron chi connectivity index (χ3n) is 5.94. The number of carbonyl (C=O) groups excluding carboxylic acids is 1. The quantitative estimate of drug-likeness (QED) is 0.480.